The van der Waals surface area contributed by atoms with Gasteiger partial charge in [0, 0.05) is 28.9 Å². The third-order valence-electron chi connectivity index (χ3n) is 5.24. The van der Waals surface area contributed by atoms with E-state index in [0.717, 1.165) is 29.9 Å². The van der Waals surface area contributed by atoms with E-state index < -0.39 is 0 Å². The SMILES string of the molecule is CCCCCCOc1cc(NC(=O)Nc2ccccc2)ccc1-n1nc(C(C)(C)C)cc1N. The molecule has 3 rings (SSSR count). The van der Waals surface area contributed by atoms with Gasteiger partial charge in [-0.3, -0.25) is 0 Å². The monoisotopic (exact) mass is 449 g/mol. The van der Waals surface area contributed by atoms with Gasteiger partial charge < -0.3 is 21.1 Å². The van der Waals surface area contributed by atoms with Crippen LogP contribution < -0.4 is 21.1 Å². The molecule has 7 heteroatoms. The first-order valence-electron chi connectivity index (χ1n) is 11.5. The summed E-state index contributed by atoms with van der Waals surface area (Å²) >= 11 is 0. The fourth-order valence-electron chi connectivity index (χ4n) is 3.36. The van der Waals surface area contributed by atoms with Crippen LogP contribution in [-0.4, -0.2) is 22.4 Å². The first-order valence-corrected chi connectivity index (χ1v) is 11.5. The summed E-state index contributed by atoms with van der Waals surface area (Å²) in [5.74, 6) is 1.16. The summed E-state index contributed by atoms with van der Waals surface area (Å²) in [5.41, 5.74) is 9.16. The molecule has 1 aromatic heterocycles. The number of para-hydroxylation sites is 1. The maximum atomic E-state index is 12.4. The molecule has 176 valence electrons. The second-order valence-electron chi connectivity index (χ2n) is 9.15. The molecule has 0 aliphatic rings. The minimum atomic E-state index is -0.323. The first-order chi connectivity index (χ1) is 15.8. The highest BCUT2D eigenvalue weighted by Crippen LogP contribution is 2.31. The number of amides is 2. The molecule has 0 fully saturated rings. The second-order valence-corrected chi connectivity index (χ2v) is 9.15. The van der Waals surface area contributed by atoms with Crippen molar-refractivity contribution in [1.82, 2.24) is 9.78 Å². The molecule has 3 aromatic rings. The molecule has 0 saturated heterocycles. The number of urea groups is 1. The van der Waals surface area contributed by atoms with Crippen LogP contribution in [0.2, 0.25) is 0 Å². The van der Waals surface area contributed by atoms with E-state index in [1.165, 1.54) is 12.8 Å². The van der Waals surface area contributed by atoms with E-state index in [1.807, 2.05) is 54.6 Å². The molecule has 0 radical (unpaired) electrons. The number of nitrogens with two attached hydrogens (primary N) is 1. The number of anilines is 3. The molecule has 2 aromatic carbocycles. The number of aromatic nitrogens is 2. The highest BCUT2D eigenvalue weighted by atomic mass is 16.5. The predicted molar refractivity (Wildman–Crippen MR) is 135 cm³/mol. The normalized spacial score (nSPS) is 11.3. The molecule has 0 unspecified atom stereocenters. The average Bonchev–Trinajstić information content (AvgIpc) is 3.16. The maximum absolute atomic E-state index is 12.4. The Bertz CT molecular complexity index is 1050. The molecule has 0 aliphatic heterocycles. The van der Waals surface area contributed by atoms with Crippen molar-refractivity contribution in [3.8, 4) is 11.4 Å². The zero-order chi connectivity index (χ0) is 23.8. The minimum Gasteiger partial charge on any atom is -0.491 e. The quantitative estimate of drug-likeness (QED) is 0.332. The molecule has 0 aliphatic carbocycles. The van der Waals surface area contributed by atoms with Gasteiger partial charge in [-0.2, -0.15) is 5.10 Å². The lowest BCUT2D eigenvalue weighted by molar-refractivity contribution is 0.262. The van der Waals surface area contributed by atoms with Gasteiger partial charge in [0.1, 0.15) is 17.3 Å². The average molecular weight is 450 g/mol. The van der Waals surface area contributed by atoms with Crippen LogP contribution in [0.5, 0.6) is 5.75 Å². The summed E-state index contributed by atoms with van der Waals surface area (Å²) < 4.78 is 7.84. The van der Waals surface area contributed by atoms with Crippen LogP contribution in [0.4, 0.5) is 22.0 Å². The summed E-state index contributed by atoms with van der Waals surface area (Å²) in [4.78, 5) is 12.4. The van der Waals surface area contributed by atoms with Crippen LogP contribution >= 0.6 is 0 Å². The number of ether oxygens (including phenoxy) is 1. The Morgan fingerprint density at radius 3 is 2.39 bits per heavy atom. The Labute approximate surface area is 196 Å². The van der Waals surface area contributed by atoms with Gasteiger partial charge in [-0.25, -0.2) is 9.48 Å². The van der Waals surface area contributed by atoms with Gasteiger partial charge >= 0.3 is 6.03 Å². The lowest BCUT2D eigenvalue weighted by atomic mass is 9.92. The maximum Gasteiger partial charge on any atom is 0.323 e. The number of unbranched alkanes of at least 4 members (excludes halogenated alkanes) is 3. The minimum absolute atomic E-state index is 0.127. The summed E-state index contributed by atoms with van der Waals surface area (Å²) in [6.07, 6.45) is 4.42. The van der Waals surface area contributed by atoms with Gasteiger partial charge in [0.2, 0.25) is 0 Å². The second kappa shape index (κ2) is 10.9. The molecule has 0 spiro atoms. The van der Waals surface area contributed by atoms with Gasteiger partial charge in [0.15, 0.2) is 0 Å². The van der Waals surface area contributed by atoms with Gasteiger partial charge in [0.25, 0.3) is 0 Å². The number of rotatable bonds is 9. The number of hydrogen-bond acceptors (Lipinski definition) is 4. The summed E-state index contributed by atoms with van der Waals surface area (Å²) in [6, 6.07) is 16.4. The number of nitrogens with one attached hydrogen (secondary N) is 2. The molecule has 1 heterocycles. The van der Waals surface area contributed by atoms with Crippen LogP contribution in [0.25, 0.3) is 5.69 Å². The Hall–Kier alpha value is -3.48. The third-order valence-corrected chi connectivity index (χ3v) is 5.24. The summed E-state index contributed by atoms with van der Waals surface area (Å²) in [6.45, 7) is 9.07. The summed E-state index contributed by atoms with van der Waals surface area (Å²) in [7, 11) is 0. The molecule has 7 nitrogen and oxygen atoms in total. The fraction of sp³-hybridized carbons (Fsp3) is 0.385. The predicted octanol–water partition coefficient (Wildman–Crippen LogP) is 6.36. The van der Waals surface area contributed by atoms with E-state index in [0.29, 0.717) is 23.9 Å². The van der Waals surface area contributed by atoms with Gasteiger partial charge in [-0.05, 0) is 30.7 Å². The van der Waals surface area contributed by atoms with E-state index in [2.05, 4.69) is 38.3 Å². The van der Waals surface area contributed by atoms with Gasteiger partial charge in [0.05, 0.1) is 12.3 Å². The van der Waals surface area contributed by atoms with E-state index in [4.69, 9.17) is 15.6 Å². The molecule has 4 N–H and O–H groups in total. The van der Waals surface area contributed by atoms with Crippen molar-refractivity contribution in [2.45, 2.75) is 58.8 Å². The zero-order valence-electron chi connectivity index (χ0n) is 20.0. The highest BCUT2D eigenvalue weighted by Gasteiger charge is 2.21. The molecule has 0 bridgehead atoms. The standard InChI is InChI=1S/C26H35N5O2/c1-5-6-7-11-16-33-22-17-20(29-25(32)28-19-12-9-8-10-13-19)14-15-21(22)31-24(27)18-23(30-31)26(2,3)4/h8-10,12-15,17-18H,5-7,11,16,27H2,1-4H3,(H2,28,29,32). The van der Waals surface area contributed by atoms with Crippen molar-refractivity contribution < 1.29 is 9.53 Å². The van der Waals surface area contributed by atoms with Crippen LogP contribution in [0.1, 0.15) is 59.1 Å². The van der Waals surface area contributed by atoms with Gasteiger partial charge in [-0.15, -0.1) is 0 Å². The Morgan fingerprint density at radius 1 is 1.00 bits per heavy atom. The number of carbonyl (C=O) groups excluding carboxylic acids is 1. The molecule has 0 saturated carbocycles. The van der Waals surface area contributed by atoms with Crippen LogP contribution in [0.3, 0.4) is 0 Å². The van der Waals surface area contributed by atoms with E-state index in [-0.39, 0.29) is 11.4 Å². The highest BCUT2D eigenvalue weighted by molar-refractivity contribution is 5.99. The van der Waals surface area contributed by atoms with Crippen molar-refractivity contribution in [3.05, 3.63) is 60.3 Å². The third kappa shape index (κ3) is 6.75. The molecule has 33 heavy (non-hydrogen) atoms. The first kappa shape index (κ1) is 24.2. The van der Waals surface area contributed by atoms with E-state index in [9.17, 15) is 4.79 Å². The largest absolute Gasteiger partial charge is 0.491 e. The lowest BCUT2D eigenvalue weighted by Crippen LogP contribution is -2.19. The molecule has 2 amide bonds. The van der Waals surface area contributed by atoms with Gasteiger partial charge in [-0.1, -0.05) is 65.2 Å². The number of hydrogen-bond donors (Lipinski definition) is 3. The zero-order valence-corrected chi connectivity index (χ0v) is 20.0. The lowest BCUT2D eigenvalue weighted by Gasteiger charge is -2.16. The van der Waals surface area contributed by atoms with Crippen molar-refractivity contribution in [3.63, 3.8) is 0 Å². The molecular weight excluding hydrogens is 414 g/mol. The Morgan fingerprint density at radius 2 is 1.73 bits per heavy atom. The molecular formula is C26H35N5O2. The van der Waals surface area contributed by atoms with Crippen LogP contribution in [0, 0.1) is 0 Å². The number of nitrogens with zero attached hydrogens (tertiary/aromatic N) is 2. The Kier molecular flexibility index (Phi) is 7.98. The number of benzene rings is 2. The Balaban J connectivity index is 1.83. The van der Waals surface area contributed by atoms with Crippen LogP contribution in [-0.2, 0) is 5.41 Å². The van der Waals surface area contributed by atoms with Crippen molar-refractivity contribution in [2.24, 2.45) is 0 Å². The van der Waals surface area contributed by atoms with Crippen molar-refractivity contribution in [1.29, 1.82) is 0 Å². The van der Waals surface area contributed by atoms with Crippen molar-refractivity contribution in [2.75, 3.05) is 23.0 Å². The van der Waals surface area contributed by atoms with Crippen LogP contribution in [0.15, 0.2) is 54.6 Å². The summed E-state index contributed by atoms with van der Waals surface area (Å²) in [5, 5.41) is 10.4. The number of nitrogen functional groups attached to an aromatic ring is 1. The van der Waals surface area contributed by atoms with Crippen molar-refractivity contribution >= 4 is 23.2 Å². The smallest absolute Gasteiger partial charge is 0.323 e. The fourth-order valence-corrected chi connectivity index (χ4v) is 3.36. The van der Waals surface area contributed by atoms with E-state index >= 15 is 0 Å². The topological polar surface area (TPSA) is 94.2 Å². The molecule has 0 atom stereocenters. The van der Waals surface area contributed by atoms with E-state index in [1.54, 1.807) is 4.68 Å². The number of carbonyl (C=O) groups is 1.